The molecule has 0 radical (unpaired) electrons. The van der Waals surface area contributed by atoms with E-state index in [1.165, 1.54) is 0 Å². The molecule has 10 heavy (non-hydrogen) atoms. The first-order valence-electron chi connectivity index (χ1n) is 3.20. The molecule has 4 heteroatoms. The van der Waals surface area contributed by atoms with Gasteiger partial charge in [0.1, 0.15) is 0 Å². The highest BCUT2D eigenvalue weighted by atomic mass is 32.2. The average molecular weight is 156 g/mol. The number of aliphatic hydroxyl groups excluding tert-OH is 1. The van der Waals surface area contributed by atoms with Crippen LogP contribution in [-0.2, 0) is 13.2 Å². The Morgan fingerprint density at radius 1 is 1.80 bits per heavy atom. The number of hydrogen-bond acceptors (Lipinski definition) is 3. The molecule has 0 bridgehead atoms. The summed E-state index contributed by atoms with van der Waals surface area (Å²) in [5, 5.41) is 14.1. The lowest BCUT2D eigenvalue weighted by atomic mass is 10.4. The maximum Gasteiger partial charge on any atom is 0.0996 e. The number of rotatable bonds is 1. The number of aliphatic hydroxyl groups is 1. The van der Waals surface area contributed by atoms with E-state index >= 15 is 0 Å². The Morgan fingerprint density at radius 3 is 3.50 bits per heavy atom. The molecule has 0 aromatic carbocycles. The Bertz CT molecular complexity index is 246. The van der Waals surface area contributed by atoms with Crippen molar-refractivity contribution in [2.45, 2.75) is 18.2 Å². The van der Waals surface area contributed by atoms with Crippen molar-refractivity contribution in [1.82, 2.24) is 9.78 Å². The van der Waals surface area contributed by atoms with E-state index in [9.17, 15) is 0 Å². The van der Waals surface area contributed by atoms with Crippen LogP contribution >= 0.6 is 11.8 Å². The number of aryl methyl sites for hydroxylation is 1. The van der Waals surface area contributed by atoms with E-state index in [-0.39, 0.29) is 6.61 Å². The Balaban J connectivity index is 2.44. The second-order valence-corrected chi connectivity index (χ2v) is 3.29. The van der Waals surface area contributed by atoms with Gasteiger partial charge in [0.25, 0.3) is 0 Å². The third-order valence-electron chi connectivity index (χ3n) is 1.57. The van der Waals surface area contributed by atoms with Gasteiger partial charge in [0.15, 0.2) is 0 Å². The molecule has 0 atom stereocenters. The lowest BCUT2D eigenvalue weighted by Crippen LogP contribution is -1.94. The largest absolute Gasteiger partial charge is 0.392 e. The lowest BCUT2D eigenvalue weighted by Gasteiger charge is -1.91. The predicted octanol–water partition coefficient (Wildman–Crippen LogP) is 0.481. The van der Waals surface area contributed by atoms with Gasteiger partial charge < -0.3 is 5.11 Å². The van der Waals surface area contributed by atoms with Gasteiger partial charge in [0, 0.05) is 11.3 Å². The first kappa shape index (κ1) is 6.24. The minimum absolute atomic E-state index is 0.113. The summed E-state index contributed by atoms with van der Waals surface area (Å²) in [4.78, 5) is 0. The van der Waals surface area contributed by atoms with Gasteiger partial charge in [-0.15, -0.1) is 11.8 Å². The molecule has 0 amide bonds. The lowest BCUT2D eigenvalue weighted by molar-refractivity contribution is 0.278. The van der Waals surface area contributed by atoms with Crippen LogP contribution in [0.3, 0.4) is 0 Å². The summed E-state index contributed by atoms with van der Waals surface area (Å²) < 4.78 is 1.94. The molecule has 1 aromatic rings. The molecule has 0 fully saturated rings. The zero-order valence-electron chi connectivity index (χ0n) is 5.45. The van der Waals surface area contributed by atoms with Crippen molar-refractivity contribution in [2.24, 2.45) is 0 Å². The number of aromatic nitrogens is 2. The van der Waals surface area contributed by atoms with Crippen molar-refractivity contribution in [1.29, 1.82) is 0 Å². The van der Waals surface area contributed by atoms with E-state index in [0.717, 1.165) is 22.9 Å². The SMILES string of the molecule is OCc1cnn2c1SCC2. The second-order valence-electron chi connectivity index (χ2n) is 2.20. The van der Waals surface area contributed by atoms with Crippen molar-refractivity contribution in [3.63, 3.8) is 0 Å². The van der Waals surface area contributed by atoms with Crippen LogP contribution in [0.25, 0.3) is 0 Å². The van der Waals surface area contributed by atoms with E-state index in [0.29, 0.717) is 0 Å². The fraction of sp³-hybridized carbons (Fsp3) is 0.500. The molecule has 2 rings (SSSR count). The number of nitrogens with zero attached hydrogens (tertiary/aromatic N) is 2. The van der Waals surface area contributed by atoms with Gasteiger partial charge in [-0.1, -0.05) is 0 Å². The molecule has 1 aromatic heterocycles. The number of fused-ring (bicyclic) bond motifs is 1. The summed E-state index contributed by atoms with van der Waals surface area (Å²) in [7, 11) is 0. The van der Waals surface area contributed by atoms with Crippen LogP contribution in [0, 0.1) is 0 Å². The summed E-state index contributed by atoms with van der Waals surface area (Å²) in [6.45, 7) is 1.10. The van der Waals surface area contributed by atoms with Crippen LogP contribution in [0.4, 0.5) is 0 Å². The van der Waals surface area contributed by atoms with Crippen molar-refractivity contribution in [3.05, 3.63) is 11.8 Å². The zero-order chi connectivity index (χ0) is 6.97. The fourth-order valence-corrected chi connectivity index (χ4v) is 2.12. The normalized spacial score (nSPS) is 15.7. The highest BCUT2D eigenvalue weighted by Gasteiger charge is 2.15. The summed E-state index contributed by atoms with van der Waals surface area (Å²) in [6, 6.07) is 0. The Labute approximate surface area is 63.0 Å². The van der Waals surface area contributed by atoms with Crippen molar-refractivity contribution < 1.29 is 5.11 Å². The third kappa shape index (κ3) is 0.759. The Hall–Kier alpha value is -0.480. The van der Waals surface area contributed by atoms with Gasteiger partial charge in [-0.2, -0.15) is 5.10 Å². The van der Waals surface area contributed by atoms with E-state index in [4.69, 9.17) is 5.11 Å². The fourth-order valence-electron chi connectivity index (χ4n) is 1.08. The van der Waals surface area contributed by atoms with Crippen molar-refractivity contribution in [3.8, 4) is 0 Å². The monoisotopic (exact) mass is 156 g/mol. The van der Waals surface area contributed by atoms with Gasteiger partial charge >= 0.3 is 0 Å². The summed E-state index contributed by atoms with van der Waals surface area (Å²) in [6.07, 6.45) is 1.74. The van der Waals surface area contributed by atoms with Crippen LogP contribution in [0.1, 0.15) is 5.56 Å². The summed E-state index contributed by atoms with van der Waals surface area (Å²) in [5.74, 6) is 1.09. The molecule has 0 aliphatic carbocycles. The third-order valence-corrected chi connectivity index (χ3v) is 2.71. The maximum absolute atomic E-state index is 8.82. The van der Waals surface area contributed by atoms with Crippen LogP contribution in [0.2, 0.25) is 0 Å². The molecule has 1 N–H and O–H groups in total. The standard InChI is InChI=1S/C6H8N2OS/c9-4-5-3-7-8-1-2-10-6(5)8/h3,9H,1-2,4H2. The molecular weight excluding hydrogens is 148 g/mol. The number of hydrogen-bond donors (Lipinski definition) is 1. The average Bonchev–Trinajstić information content (AvgIpc) is 2.44. The van der Waals surface area contributed by atoms with Crippen molar-refractivity contribution >= 4 is 11.8 Å². The quantitative estimate of drug-likeness (QED) is 0.642. The number of thioether (sulfide) groups is 1. The maximum atomic E-state index is 8.82. The highest BCUT2D eigenvalue weighted by molar-refractivity contribution is 7.99. The van der Waals surface area contributed by atoms with E-state index in [2.05, 4.69) is 5.10 Å². The highest BCUT2D eigenvalue weighted by Crippen LogP contribution is 2.28. The summed E-state index contributed by atoms with van der Waals surface area (Å²) >= 11 is 1.77. The smallest absolute Gasteiger partial charge is 0.0996 e. The van der Waals surface area contributed by atoms with Gasteiger partial charge in [0.2, 0.25) is 0 Å². The van der Waals surface area contributed by atoms with Crippen LogP contribution < -0.4 is 0 Å². The topological polar surface area (TPSA) is 38.1 Å². The molecule has 0 saturated heterocycles. The van der Waals surface area contributed by atoms with Crippen LogP contribution in [-0.4, -0.2) is 20.6 Å². The molecule has 0 saturated carbocycles. The molecule has 54 valence electrons. The van der Waals surface area contributed by atoms with E-state index < -0.39 is 0 Å². The molecular formula is C6H8N2OS. The first-order chi connectivity index (χ1) is 4.92. The molecule has 0 unspecified atom stereocenters. The predicted molar refractivity (Wildman–Crippen MR) is 38.9 cm³/mol. The first-order valence-corrected chi connectivity index (χ1v) is 4.18. The minimum Gasteiger partial charge on any atom is -0.392 e. The molecule has 1 aliphatic rings. The molecule has 2 heterocycles. The van der Waals surface area contributed by atoms with Gasteiger partial charge in [-0.05, 0) is 0 Å². The summed E-state index contributed by atoms with van der Waals surface area (Å²) in [5.41, 5.74) is 0.961. The van der Waals surface area contributed by atoms with Gasteiger partial charge in [-0.25, -0.2) is 0 Å². The van der Waals surface area contributed by atoms with E-state index in [1.54, 1.807) is 18.0 Å². The minimum atomic E-state index is 0.113. The van der Waals surface area contributed by atoms with Crippen molar-refractivity contribution in [2.75, 3.05) is 5.75 Å². The van der Waals surface area contributed by atoms with Gasteiger partial charge in [-0.3, -0.25) is 4.68 Å². The zero-order valence-corrected chi connectivity index (χ0v) is 6.27. The Kier molecular flexibility index (Phi) is 1.43. The van der Waals surface area contributed by atoms with E-state index in [1.807, 2.05) is 4.68 Å². The Morgan fingerprint density at radius 2 is 2.70 bits per heavy atom. The molecule has 1 aliphatic heterocycles. The van der Waals surface area contributed by atoms with Crippen LogP contribution in [0.15, 0.2) is 11.2 Å². The second kappa shape index (κ2) is 2.29. The molecule has 3 nitrogen and oxygen atoms in total. The van der Waals surface area contributed by atoms with Gasteiger partial charge in [0.05, 0.1) is 24.4 Å². The molecule has 0 spiro atoms. The van der Waals surface area contributed by atoms with Crippen LogP contribution in [0.5, 0.6) is 0 Å².